The van der Waals surface area contributed by atoms with Gasteiger partial charge in [0.15, 0.2) is 9.84 Å². The van der Waals surface area contributed by atoms with Gasteiger partial charge in [-0.3, -0.25) is 4.90 Å². The maximum atomic E-state index is 11.4. The Balaban J connectivity index is 2.56. The Labute approximate surface area is 104 Å². The van der Waals surface area contributed by atoms with Gasteiger partial charge in [-0.15, -0.1) is 0 Å². The van der Waals surface area contributed by atoms with Crippen LogP contribution in [0.3, 0.4) is 0 Å². The van der Waals surface area contributed by atoms with Crippen LogP contribution in [0.25, 0.3) is 0 Å². The number of nitrogens with zero attached hydrogens (tertiary/aromatic N) is 1. The summed E-state index contributed by atoms with van der Waals surface area (Å²) in [5.41, 5.74) is 5.31. The predicted octanol–water partition coefficient (Wildman–Crippen LogP) is -0.406. The van der Waals surface area contributed by atoms with Crippen molar-refractivity contribution in [3.63, 3.8) is 0 Å². The fraction of sp³-hybridized carbons (Fsp3) is 1.00. The maximum absolute atomic E-state index is 11.4. The van der Waals surface area contributed by atoms with Gasteiger partial charge in [0, 0.05) is 17.6 Å². The Morgan fingerprint density at radius 1 is 1.59 bits per heavy atom. The van der Waals surface area contributed by atoms with E-state index in [0.29, 0.717) is 12.8 Å². The topological polar surface area (TPSA) is 83.6 Å². The molecule has 0 radical (unpaired) electrons. The first-order valence-corrected chi connectivity index (χ1v) is 7.81. The summed E-state index contributed by atoms with van der Waals surface area (Å²) in [5, 5.41) is 9.13. The van der Waals surface area contributed by atoms with Crippen LogP contribution in [0.15, 0.2) is 0 Å². The molecule has 3 N–H and O–H groups in total. The van der Waals surface area contributed by atoms with Gasteiger partial charge in [0.2, 0.25) is 0 Å². The SMILES string of the molecule is CC(CC(C)(N)CO)N(C)C1CCS(=O)(=O)C1. The number of nitrogens with two attached hydrogens (primary N) is 1. The van der Waals surface area contributed by atoms with Crippen LogP contribution in [0.2, 0.25) is 0 Å². The van der Waals surface area contributed by atoms with Crippen LogP contribution in [-0.2, 0) is 9.84 Å². The highest BCUT2D eigenvalue weighted by Gasteiger charge is 2.33. The molecule has 1 heterocycles. The summed E-state index contributed by atoms with van der Waals surface area (Å²) in [6, 6.07) is 0.250. The van der Waals surface area contributed by atoms with Gasteiger partial charge in [-0.25, -0.2) is 8.42 Å². The molecule has 0 spiro atoms. The van der Waals surface area contributed by atoms with E-state index < -0.39 is 15.4 Å². The molecule has 0 aliphatic carbocycles. The zero-order valence-corrected chi connectivity index (χ0v) is 11.7. The third-order valence-electron chi connectivity index (χ3n) is 3.60. The van der Waals surface area contributed by atoms with Crippen LogP contribution in [0, 0.1) is 0 Å². The third-order valence-corrected chi connectivity index (χ3v) is 5.35. The molecule has 0 amide bonds. The fourth-order valence-electron chi connectivity index (χ4n) is 2.34. The lowest BCUT2D eigenvalue weighted by Crippen LogP contribution is -2.48. The van der Waals surface area contributed by atoms with E-state index in [9.17, 15) is 8.42 Å². The first-order chi connectivity index (χ1) is 7.67. The summed E-state index contributed by atoms with van der Waals surface area (Å²) in [4.78, 5) is 2.07. The van der Waals surface area contributed by atoms with Gasteiger partial charge in [0.05, 0.1) is 18.1 Å². The average Bonchev–Trinajstić information content (AvgIpc) is 2.57. The normalized spacial score (nSPS) is 29.2. The van der Waals surface area contributed by atoms with E-state index in [1.54, 1.807) is 0 Å². The molecule has 1 aliphatic rings. The lowest BCUT2D eigenvalue weighted by atomic mass is 9.94. The zero-order valence-electron chi connectivity index (χ0n) is 10.9. The quantitative estimate of drug-likeness (QED) is 0.705. The van der Waals surface area contributed by atoms with Crippen LogP contribution in [-0.4, -0.2) is 61.2 Å². The Morgan fingerprint density at radius 3 is 2.59 bits per heavy atom. The number of hydrogen-bond donors (Lipinski definition) is 2. The minimum absolute atomic E-state index is 0.0614. The summed E-state index contributed by atoms with van der Waals surface area (Å²) >= 11 is 0. The summed E-state index contributed by atoms with van der Waals surface area (Å²) in [6.07, 6.45) is 1.35. The summed E-state index contributed by atoms with van der Waals surface area (Å²) in [5.74, 6) is 0.531. The molecule has 3 atom stereocenters. The van der Waals surface area contributed by atoms with Crippen molar-refractivity contribution in [3.05, 3.63) is 0 Å². The summed E-state index contributed by atoms with van der Waals surface area (Å²) in [6.45, 7) is 3.77. The Kier molecular flexibility index (Phi) is 4.57. The van der Waals surface area contributed by atoms with Crippen molar-refractivity contribution in [2.75, 3.05) is 25.2 Å². The third kappa shape index (κ3) is 4.21. The molecule has 0 aromatic carbocycles. The molecule has 17 heavy (non-hydrogen) atoms. The van der Waals surface area contributed by atoms with Crippen molar-refractivity contribution in [2.24, 2.45) is 5.73 Å². The highest BCUT2D eigenvalue weighted by atomic mass is 32.2. The monoisotopic (exact) mass is 264 g/mol. The van der Waals surface area contributed by atoms with Gasteiger partial charge in [-0.2, -0.15) is 0 Å². The Hall–Kier alpha value is -0.170. The van der Waals surface area contributed by atoms with Gasteiger partial charge in [-0.05, 0) is 33.7 Å². The molecule has 0 bridgehead atoms. The lowest BCUT2D eigenvalue weighted by molar-refractivity contribution is 0.132. The molecular weight excluding hydrogens is 240 g/mol. The maximum Gasteiger partial charge on any atom is 0.151 e. The molecule has 0 aromatic rings. The van der Waals surface area contributed by atoms with Gasteiger partial charge >= 0.3 is 0 Å². The molecule has 6 heteroatoms. The van der Waals surface area contributed by atoms with Crippen molar-refractivity contribution < 1.29 is 13.5 Å². The van der Waals surface area contributed by atoms with Crippen LogP contribution in [0.1, 0.15) is 26.7 Å². The van der Waals surface area contributed by atoms with Crippen molar-refractivity contribution in [1.29, 1.82) is 0 Å². The molecule has 0 saturated carbocycles. The highest BCUT2D eigenvalue weighted by molar-refractivity contribution is 7.91. The first-order valence-electron chi connectivity index (χ1n) is 5.99. The van der Waals surface area contributed by atoms with Gasteiger partial charge < -0.3 is 10.8 Å². The fourth-order valence-corrected chi connectivity index (χ4v) is 4.13. The summed E-state index contributed by atoms with van der Waals surface area (Å²) in [7, 11) is -0.911. The van der Waals surface area contributed by atoms with Crippen molar-refractivity contribution in [1.82, 2.24) is 4.90 Å². The van der Waals surface area contributed by atoms with Gasteiger partial charge in [0.1, 0.15) is 0 Å². The highest BCUT2D eigenvalue weighted by Crippen LogP contribution is 2.21. The van der Waals surface area contributed by atoms with E-state index in [1.165, 1.54) is 0 Å². The molecule has 1 fully saturated rings. The second-order valence-corrected chi connectivity index (χ2v) is 7.82. The van der Waals surface area contributed by atoms with Crippen LogP contribution >= 0.6 is 0 Å². The Bertz CT molecular complexity index is 354. The molecule has 1 aliphatic heterocycles. The second-order valence-electron chi connectivity index (χ2n) is 5.59. The smallest absolute Gasteiger partial charge is 0.151 e. The number of aliphatic hydroxyl groups excluding tert-OH is 1. The van der Waals surface area contributed by atoms with Crippen LogP contribution in [0.5, 0.6) is 0 Å². The number of rotatable bonds is 5. The number of aliphatic hydroxyl groups is 1. The van der Waals surface area contributed by atoms with Crippen molar-refractivity contribution in [2.45, 2.75) is 44.3 Å². The van der Waals surface area contributed by atoms with Crippen LogP contribution < -0.4 is 5.73 Å². The molecular formula is C11H24N2O3S. The molecule has 1 saturated heterocycles. The number of hydrogen-bond acceptors (Lipinski definition) is 5. The second kappa shape index (κ2) is 5.22. The van der Waals surface area contributed by atoms with E-state index in [-0.39, 0.29) is 30.2 Å². The minimum Gasteiger partial charge on any atom is -0.394 e. The Morgan fingerprint density at radius 2 is 2.18 bits per heavy atom. The van der Waals surface area contributed by atoms with Crippen molar-refractivity contribution in [3.8, 4) is 0 Å². The molecule has 5 nitrogen and oxygen atoms in total. The summed E-state index contributed by atoms with van der Waals surface area (Å²) < 4.78 is 22.8. The first kappa shape index (κ1) is 14.9. The predicted molar refractivity (Wildman–Crippen MR) is 68.6 cm³/mol. The average molecular weight is 264 g/mol. The lowest BCUT2D eigenvalue weighted by Gasteiger charge is -2.34. The van der Waals surface area contributed by atoms with Crippen molar-refractivity contribution >= 4 is 9.84 Å². The molecule has 1 rings (SSSR count). The van der Waals surface area contributed by atoms with E-state index in [1.807, 2.05) is 20.9 Å². The van der Waals surface area contributed by atoms with E-state index in [0.717, 1.165) is 0 Å². The van der Waals surface area contributed by atoms with E-state index >= 15 is 0 Å². The molecule has 102 valence electrons. The van der Waals surface area contributed by atoms with Gasteiger partial charge in [0.25, 0.3) is 0 Å². The minimum atomic E-state index is -2.85. The molecule has 3 unspecified atom stereocenters. The van der Waals surface area contributed by atoms with E-state index in [4.69, 9.17) is 10.8 Å². The molecule has 0 aromatic heterocycles. The van der Waals surface area contributed by atoms with Gasteiger partial charge in [-0.1, -0.05) is 0 Å². The number of sulfone groups is 1. The van der Waals surface area contributed by atoms with E-state index in [2.05, 4.69) is 4.90 Å². The largest absolute Gasteiger partial charge is 0.394 e. The standard InChI is InChI=1S/C11H24N2O3S/c1-9(6-11(2,12)8-14)13(3)10-4-5-17(15,16)7-10/h9-10,14H,4-8,12H2,1-3H3. The van der Waals surface area contributed by atoms with Crippen LogP contribution in [0.4, 0.5) is 0 Å². The zero-order chi connectivity index (χ0) is 13.3.